The summed E-state index contributed by atoms with van der Waals surface area (Å²) in [5, 5.41) is 0. The Kier molecular flexibility index (Phi) is 56.3. The number of unbranched alkanes of at least 4 members (excludes halogenated alkanes) is 29. The van der Waals surface area contributed by atoms with Crippen LogP contribution in [0.15, 0.2) is 85.1 Å². The van der Waals surface area contributed by atoms with E-state index in [-0.39, 0.29) is 31.6 Å². The Hall–Kier alpha value is -3.41. The van der Waals surface area contributed by atoms with E-state index >= 15 is 0 Å². The van der Waals surface area contributed by atoms with Crippen LogP contribution in [0.2, 0.25) is 0 Å². The van der Waals surface area contributed by atoms with Crippen LogP contribution in [0.25, 0.3) is 0 Å². The zero-order valence-electron chi connectivity index (χ0n) is 46.7. The molecule has 0 spiro atoms. The second-order valence-corrected chi connectivity index (χ2v) is 19.9. The van der Waals surface area contributed by atoms with Crippen LogP contribution in [-0.2, 0) is 28.6 Å². The van der Waals surface area contributed by atoms with E-state index in [1.54, 1.807) is 0 Å². The van der Waals surface area contributed by atoms with Crippen molar-refractivity contribution in [3.8, 4) is 0 Å². The van der Waals surface area contributed by atoms with Crippen LogP contribution in [0.1, 0.15) is 290 Å². The Morgan fingerprint density at radius 2 is 0.606 bits per heavy atom. The molecule has 0 radical (unpaired) electrons. The highest BCUT2D eigenvalue weighted by molar-refractivity contribution is 5.71. The van der Waals surface area contributed by atoms with E-state index < -0.39 is 12.1 Å². The second-order valence-electron chi connectivity index (χ2n) is 19.9. The van der Waals surface area contributed by atoms with Crippen LogP contribution in [0, 0.1) is 0 Å². The highest BCUT2D eigenvalue weighted by Gasteiger charge is 2.19. The van der Waals surface area contributed by atoms with E-state index in [9.17, 15) is 14.4 Å². The van der Waals surface area contributed by atoms with Crippen LogP contribution < -0.4 is 0 Å². The maximum absolute atomic E-state index is 12.8. The van der Waals surface area contributed by atoms with Crippen LogP contribution in [0.4, 0.5) is 0 Å². The molecule has 0 aliphatic heterocycles. The van der Waals surface area contributed by atoms with E-state index in [4.69, 9.17) is 14.2 Å². The molecular formula is C65H112O6. The Morgan fingerprint density at radius 3 is 0.986 bits per heavy atom. The number of carbonyl (C=O) groups is 3. The molecule has 0 saturated heterocycles. The predicted octanol–water partition coefficient (Wildman–Crippen LogP) is 20.3. The molecule has 0 aromatic heterocycles. The lowest BCUT2D eigenvalue weighted by Gasteiger charge is -2.18. The van der Waals surface area contributed by atoms with Crippen LogP contribution in [0.3, 0.4) is 0 Å². The Bertz CT molecular complexity index is 1370. The van der Waals surface area contributed by atoms with Gasteiger partial charge >= 0.3 is 17.9 Å². The molecule has 0 bridgehead atoms. The van der Waals surface area contributed by atoms with E-state index in [0.717, 1.165) is 96.3 Å². The highest BCUT2D eigenvalue weighted by Crippen LogP contribution is 2.16. The van der Waals surface area contributed by atoms with Crippen molar-refractivity contribution < 1.29 is 28.6 Å². The molecule has 0 aromatic carbocycles. The minimum absolute atomic E-state index is 0.109. The first kappa shape index (κ1) is 67.6. The summed E-state index contributed by atoms with van der Waals surface area (Å²) in [6.07, 6.45) is 77.6. The first-order valence-electron chi connectivity index (χ1n) is 30.1. The summed E-state index contributed by atoms with van der Waals surface area (Å²) < 4.78 is 16.8. The second kappa shape index (κ2) is 59.2. The molecular weight excluding hydrogens is 877 g/mol. The Labute approximate surface area is 439 Å². The maximum Gasteiger partial charge on any atom is 0.306 e. The first-order valence-corrected chi connectivity index (χ1v) is 30.1. The van der Waals surface area contributed by atoms with Gasteiger partial charge in [-0.1, -0.05) is 260 Å². The molecule has 1 atom stereocenters. The summed E-state index contributed by atoms with van der Waals surface area (Å²) in [6, 6.07) is 0. The van der Waals surface area contributed by atoms with Crippen LogP contribution >= 0.6 is 0 Å². The van der Waals surface area contributed by atoms with Crippen molar-refractivity contribution in [3.05, 3.63) is 85.1 Å². The van der Waals surface area contributed by atoms with Crippen molar-refractivity contribution in [1.82, 2.24) is 0 Å². The molecule has 0 heterocycles. The number of rotatable bonds is 54. The molecule has 1 unspecified atom stereocenters. The minimum atomic E-state index is -0.820. The third-order valence-corrected chi connectivity index (χ3v) is 12.8. The number of esters is 3. The van der Waals surface area contributed by atoms with Crippen molar-refractivity contribution in [2.24, 2.45) is 0 Å². The number of carbonyl (C=O) groups excluding carboxylic acids is 3. The lowest BCUT2D eigenvalue weighted by Crippen LogP contribution is -2.30. The first-order chi connectivity index (χ1) is 35.0. The van der Waals surface area contributed by atoms with Crippen molar-refractivity contribution in [1.29, 1.82) is 0 Å². The van der Waals surface area contributed by atoms with Crippen LogP contribution in [-0.4, -0.2) is 37.2 Å². The molecule has 0 fully saturated rings. The van der Waals surface area contributed by atoms with Crippen molar-refractivity contribution in [2.75, 3.05) is 13.2 Å². The average molecular weight is 990 g/mol. The lowest BCUT2D eigenvalue weighted by molar-refractivity contribution is -0.166. The average Bonchev–Trinajstić information content (AvgIpc) is 3.37. The largest absolute Gasteiger partial charge is 0.462 e. The molecule has 0 aromatic rings. The van der Waals surface area contributed by atoms with E-state index in [1.807, 2.05) is 12.2 Å². The van der Waals surface area contributed by atoms with Crippen molar-refractivity contribution in [2.45, 2.75) is 297 Å². The third-order valence-electron chi connectivity index (χ3n) is 12.8. The van der Waals surface area contributed by atoms with E-state index in [1.165, 1.54) is 148 Å². The molecule has 408 valence electrons. The fraction of sp³-hybridized carbons (Fsp3) is 0.738. The molecule has 71 heavy (non-hydrogen) atoms. The van der Waals surface area contributed by atoms with Crippen LogP contribution in [0.5, 0.6) is 0 Å². The zero-order valence-corrected chi connectivity index (χ0v) is 46.7. The predicted molar refractivity (Wildman–Crippen MR) is 307 cm³/mol. The highest BCUT2D eigenvalue weighted by atomic mass is 16.6. The molecule has 6 nitrogen and oxygen atoms in total. The zero-order chi connectivity index (χ0) is 51.4. The van der Waals surface area contributed by atoms with E-state index in [0.29, 0.717) is 19.3 Å². The van der Waals surface area contributed by atoms with Crippen molar-refractivity contribution >= 4 is 17.9 Å². The topological polar surface area (TPSA) is 78.9 Å². The van der Waals surface area contributed by atoms with Crippen molar-refractivity contribution in [3.63, 3.8) is 0 Å². The Balaban J connectivity index is 4.25. The van der Waals surface area contributed by atoms with Gasteiger partial charge in [-0.2, -0.15) is 0 Å². The molecule has 0 N–H and O–H groups in total. The normalized spacial score (nSPS) is 12.7. The summed E-state index contributed by atoms with van der Waals surface area (Å²) in [5.74, 6) is -1.00. The fourth-order valence-corrected chi connectivity index (χ4v) is 8.37. The smallest absolute Gasteiger partial charge is 0.306 e. The standard InChI is InChI=1S/C65H112O6/c1-4-7-10-13-16-19-22-25-26-27-28-29-30-31-32-33-34-35-36-37-38-41-43-46-49-52-55-58-64(67)70-61-62(71-65(68)59-56-53-50-47-44-40-24-21-18-15-12-9-6-3)60-69-63(66)57-54-51-48-45-42-39-23-20-17-14-11-8-5-2/h9,11-12,14,18,20-21,23,27-28,40,44,50,53,62H,4-8,10,13,15-17,19,22,24-26,29-39,41-43,45-49,51-52,54-61H2,1-3H3/b12-9-,14-11-,21-18-,23-20-,28-27-,44-40-,53-50-. The number of hydrogen-bond donors (Lipinski definition) is 0. The molecule has 0 saturated carbocycles. The number of ether oxygens (including phenoxy) is 3. The van der Waals surface area contributed by atoms with Gasteiger partial charge in [-0.3, -0.25) is 14.4 Å². The van der Waals surface area contributed by atoms with Gasteiger partial charge in [0.15, 0.2) is 6.10 Å². The fourth-order valence-electron chi connectivity index (χ4n) is 8.37. The summed E-state index contributed by atoms with van der Waals surface area (Å²) in [7, 11) is 0. The number of hydrogen-bond acceptors (Lipinski definition) is 6. The van der Waals surface area contributed by atoms with Gasteiger partial charge in [0.25, 0.3) is 0 Å². The molecule has 6 heteroatoms. The van der Waals surface area contributed by atoms with Gasteiger partial charge in [0.05, 0.1) is 0 Å². The van der Waals surface area contributed by atoms with Gasteiger partial charge in [-0.15, -0.1) is 0 Å². The summed E-state index contributed by atoms with van der Waals surface area (Å²) >= 11 is 0. The lowest BCUT2D eigenvalue weighted by atomic mass is 10.0. The van der Waals surface area contributed by atoms with Gasteiger partial charge < -0.3 is 14.2 Å². The van der Waals surface area contributed by atoms with E-state index in [2.05, 4.69) is 93.7 Å². The summed E-state index contributed by atoms with van der Waals surface area (Å²) in [5.41, 5.74) is 0. The SMILES string of the molecule is CC/C=C\C/C=C\C/C=C\C/C=C\CCC(=O)OC(COC(=O)CCCCCCC/C=C\C/C=C\CCC)COC(=O)CCCCCCCCCCCCCCCCC/C=C\CCCCCCCCCC. The molecule has 0 amide bonds. The molecule has 0 rings (SSSR count). The summed E-state index contributed by atoms with van der Waals surface area (Å²) in [4.78, 5) is 38.1. The van der Waals surface area contributed by atoms with Gasteiger partial charge in [-0.05, 0) is 96.3 Å². The third kappa shape index (κ3) is 57.4. The van der Waals surface area contributed by atoms with Gasteiger partial charge in [0, 0.05) is 19.3 Å². The van der Waals surface area contributed by atoms with Gasteiger partial charge in [0.1, 0.15) is 13.2 Å². The van der Waals surface area contributed by atoms with Gasteiger partial charge in [0.2, 0.25) is 0 Å². The quantitative estimate of drug-likeness (QED) is 0.0261. The number of allylic oxidation sites excluding steroid dienone is 14. The van der Waals surface area contributed by atoms with Gasteiger partial charge in [-0.25, -0.2) is 0 Å². The summed E-state index contributed by atoms with van der Waals surface area (Å²) in [6.45, 7) is 6.40. The monoisotopic (exact) mass is 989 g/mol. The molecule has 0 aliphatic carbocycles. The Morgan fingerprint density at radius 1 is 0.296 bits per heavy atom. The molecule has 0 aliphatic rings. The minimum Gasteiger partial charge on any atom is -0.462 e. The maximum atomic E-state index is 12.8.